The van der Waals surface area contributed by atoms with Gasteiger partial charge in [0, 0.05) is 4.75 Å². The number of aliphatic hydroxyl groups excluding tert-OH is 1. The fourth-order valence-corrected chi connectivity index (χ4v) is 3.53. The number of carbonyl (C=O) groups is 2. The summed E-state index contributed by atoms with van der Waals surface area (Å²) in [5.74, 6) is -1.13. The third kappa shape index (κ3) is 5.84. The molecule has 1 fully saturated rings. The van der Waals surface area contributed by atoms with Crippen LogP contribution in [0.1, 0.15) is 40.2 Å². The molecule has 5 nitrogen and oxygen atoms in total. The molecule has 1 aliphatic rings. The van der Waals surface area contributed by atoms with Crippen LogP contribution in [0.3, 0.4) is 0 Å². The number of thioether (sulfide) groups is 1. The maximum atomic E-state index is 12.9. The molecule has 27 heavy (non-hydrogen) atoms. The Labute approximate surface area is 165 Å². The van der Waals surface area contributed by atoms with Crippen LogP contribution in [0.2, 0.25) is 0 Å². The zero-order chi connectivity index (χ0) is 20.2. The molecule has 1 heterocycles. The molecule has 0 spiro atoms. The standard InChI is InChI=1S/C21H29NO4S/c1-14(13-27-21(3,4)5)18(23)15(2)19(24)22-17(12-26-20(22)25)11-16-9-7-6-8-10-16/h6-10,13,15,17-18,23H,11-12H2,1-5H3/b14-13+/t15-,17-,18+/m0/s1. The van der Waals surface area contributed by atoms with Gasteiger partial charge in [0.2, 0.25) is 5.91 Å². The average Bonchev–Trinajstić information content (AvgIpc) is 2.98. The molecule has 1 N–H and O–H groups in total. The van der Waals surface area contributed by atoms with Gasteiger partial charge in [-0.1, -0.05) is 58.0 Å². The lowest BCUT2D eigenvalue weighted by Gasteiger charge is -2.26. The first-order chi connectivity index (χ1) is 12.6. The molecule has 2 rings (SSSR count). The number of nitrogens with zero attached hydrogens (tertiary/aromatic N) is 1. The van der Waals surface area contributed by atoms with E-state index in [1.54, 1.807) is 25.6 Å². The van der Waals surface area contributed by atoms with E-state index < -0.39 is 24.0 Å². The molecule has 1 aliphatic heterocycles. The summed E-state index contributed by atoms with van der Waals surface area (Å²) in [5, 5.41) is 12.5. The molecule has 1 aromatic carbocycles. The Kier molecular flexibility index (Phi) is 7.12. The Balaban J connectivity index is 2.09. The van der Waals surface area contributed by atoms with E-state index in [1.165, 1.54) is 4.90 Å². The number of imide groups is 1. The molecular formula is C21H29NO4S. The van der Waals surface area contributed by atoms with Gasteiger partial charge in [-0.15, -0.1) is 11.8 Å². The van der Waals surface area contributed by atoms with E-state index in [0.29, 0.717) is 12.0 Å². The average molecular weight is 392 g/mol. The number of hydrogen-bond donors (Lipinski definition) is 1. The van der Waals surface area contributed by atoms with Crippen molar-refractivity contribution in [3.05, 3.63) is 46.9 Å². The molecule has 0 aliphatic carbocycles. The predicted octanol–water partition coefficient (Wildman–Crippen LogP) is 4.01. The summed E-state index contributed by atoms with van der Waals surface area (Å²) < 4.78 is 5.14. The van der Waals surface area contributed by atoms with Gasteiger partial charge in [-0.2, -0.15) is 0 Å². The van der Waals surface area contributed by atoms with Gasteiger partial charge in [-0.25, -0.2) is 9.69 Å². The van der Waals surface area contributed by atoms with E-state index in [1.807, 2.05) is 35.7 Å². The van der Waals surface area contributed by atoms with Crippen molar-refractivity contribution in [1.29, 1.82) is 0 Å². The Bertz CT molecular complexity index is 696. The summed E-state index contributed by atoms with van der Waals surface area (Å²) in [6.07, 6.45) is -1.04. The highest BCUT2D eigenvalue weighted by Gasteiger charge is 2.41. The lowest BCUT2D eigenvalue weighted by atomic mass is 9.96. The lowest BCUT2D eigenvalue weighted by Crippen LogP contribution is -2.45. The molecule has 1 saturated heterocycles. The van der Waals surface area contributed by atoms with Gasteiger partial charge in [-0.3, -0.25) is 4.79 Å². The molecule has 6 heteroatoms. The van der Waals surface area contributed by atoms with Crippen LogP contribution in [0.4, 0.5) is 4.79 Å². The van der Waals surface area contributed by atoms with E-state index in [2.05, 4.69) is 20.8 Å². The summed E-state index contributed by atoms with van der Waals surface area (Å²) in [6.45, 7) is 9.87. The molecule has 3 atom stereocenters. The Morgan fingerprint density at radius 1 is 1.37 bits per heavy atom. The van der Waals surface area contributed by atoms with Crippen molar-refractivity contribution in [3.63, 3.8) is 0 Å². The van der Waals surface area contributed by atoms with E-state index >= 15 is 0 Å². The lowest BCUT2D eigenvalue weighted by molar-refractivity contribution is -0.135. The molecule has 0 saturated carbocycles. The highest BCUT2D eigenvalue weighted by atomic mass is 32.2. The maximum Gasteiger partial charge on any atom is 0.416 e. The van der Waals surface area contributed by atoms with Crippen LogP contribution in [0.15, 0.2) is 41.3 Å². The normalized spacial score (nSPS) is 20.4. The highest BCUT2D eigenvalue weighted by molar-refractivity contribution is 8.03. The van der Waals surface area contributed by atoms with E-state index in [4.69, 9.17) is 4.74 Å². The SMILES string of the molecule is C/C(=C\SC(C)(C)C)[C@@H](O)[C@H](C)C(=O)N1C(=O)OC[C@@H]1Cc1ccccc1. The summed E-state index contributed by atoms with van der Waals surface area (Å²) in [4.78, 5) is 26.3. The molecule has 1 aromatic rings. The summed E-state index contributed by atoms with van der Waals surface area (Å²) in [7, 11) is 0. The number of cyclic esters (lactones) is 1. The zero-order valence-corrected chi connectivity index (χ0v) is 17.5. The van der Waals surface area contributed by atoms with Crippen LogP contribution in [-0.4, -0.2) is 45.5 Å². The fourth-order valence-electron chi connectivity index (χ4n) is 2.86. The van der Waals surface area contributed by atoms with E-state index in [-0.39, 0.29) is 17.4 Å². The molecule has 0 aromatic heterocycles. The monoisotopic (exact) mass is 391 g/mol. The smallest absolute Gasteiger partial charge is 0.416 e. The van der Waals surface area contributed by atoms with Crippen molar-refractivity contribution in [1.82, 2.24) is 4.90 Å². The minimum atomic E-state index is -0.946. The second-order valence-corrected chi connectivity index (χ2v) is 9.65. The summed E-state index contributed by atoms with van der Waals surface area (Å²) in [5.41, 5.74) is 1.74. The van der Waals surface area contributed by atoms with Crippen LogP contribution in [0.5, 0.6) is 0 Å². The second kappa shape index (κ2) is 8.93. The largest absolute Gasteiger partial charge is 0.447 e. The summed E-state index contributed by atoms with van der Waals surface area (Å²) >= 11 is 1.60. The van der Waals surface area contributed by atoms with Gasteiger partial charge in [0.05, 0.1) is 18.1 Å². The first-order valence-corrected chi connectivity index (χ1v) is 10.0. The van der Waals surface area contributed by atoms with E-state index in [9.17, 15) is 14.7 Å². The van der Waals surface area contributed by atoms with Gasteiger partial charge in [0.25, 0.3) is 0 Å². The molecule has 0 radical (unpaired) electrons. The number of benzene rings is 1. The van der Waals surface area contributed by atoms with Crippen molar-refractivity contribution in [3.8, 4) is 0 Å². The number of ether oxygens (including phenoxy) is 1. The third-order valence-electron chi connectivity index (χ3n) is 4.44. The Morgan fingerprint density at radius 3 is 2.59 bits per heavy atom. The minimum absolute atomic E-state index is 0.0216. The van der Waals surface area contributed by atoms with Crippen LogP contribution < -0.4 is 0 Å². The van der Waals surface area contributed by atoms with Crippen molar-refractivity contribution < 1.29 is 19.4 Å². The fraction of sp³-hybridized carbons (Fsp3) is 0.524. The number of hydrogen-bond acceptors (Lipinski definition) is 5. The van der Waals surface area contributed by atoms with Crippen LogP contribution in [-0.2, 0) is 16.0 Å². The Hall–Kier alpha value is -1.79. The van der Waals surface area contributed by atoms with Crippen molar-refractivity contribution in [2.45, 2.75) is 57.9 Å². The van der Waals surface area contributed by atoms with Crippen molar-refractivity contribution in [2.24, 2.45) is 5.92 Å². The third-order valence-corrected chi connectivity index (χ3v) is 5.64. The summed E-state index contributed by atoms with van der Waals surface area (Å²) in [6, 6.07) is 9.33. The second-order valence-electron chi connectivity index (χ2n) is 7.95. The Morgan fingerprint density at radius 2 is 2.00 bits per heavy atom. The quantitative estimate of drug-likeness (QED) is 0.794. The van der Waals surface area contributed by atoms with Gasteiger partial charge < -0.3 is 9.84 Å². The van der Waals surface area contributed by atoms with Crippen LogP contribution >= 0.6 is 11.8 Å². The first-order valence-electron chi connectivity index (χ1n) is 9.16. The van der Waals surface area contributed by atoms with E-state index in [0.717, 1.165) is 5.56 Å². The number of carbonyl (C=O) groups excluding carboxylic acids is 2. The zero-order valence-electron chi connectivity index (χ0n) is 16.6. The maximum absolute atomic E-state index is 12.9. The van der Waals surface area contributed by atoms with Crippen molar-refractivity contribution in [2.75, 3.05) is 6.61 Å². The molecule has 0 bridgehead atoms. The predicted molar refractivity (Wildman–Crippen MR) is 108 cm³/mol. The minimum Gasteiger partial charge on any atom is -0.447 e. The number of rotatable bonds is 6. The topological polar surface area (TPSA) is 66.8 Å². The molecule has 0 unspecified atom stereocenters. The van der Waals surface area contributed by atoms with Gasteiger partial charge in [-0.05, 0) is 29.9 Å². The molecular weight excluding hydrogens is 362 g/mol. The van der Waals surface area contributed by atoms with Crippen molar-refractivity contribution >= 4 is 23.8 Å². The first kappa shape index (κ1) is 21.5. The number of aliphatic hydroxyl groups is 1. The van der Waals surface area contributed by atoms with Gasteiger partial charge in [0.15, 0.2) is 0 Å². The van der Waals surface area contributed by atoms with Crippen LogP contribution in [0.25, 0.3) is 0 Å². The van der Waals surface area contributed by atoms with Crippen LogP contribution in [0, 0.1) is 5.92 Å². The molecule has 2 amide bonds. The molecule has 148 valence electrons. The highest BCUT2D eigenvalue weighted by Crippen LogP contribution is 2.28. The van der Waals surface area contributed by atoms with Gasteiger partial charge >= 0.3 is 6.09 Å². The van der Waals surface area contributed by atoms with Gasteiger partial charge in [0.1, 0.15) is 6.61 Å². The number of amides is 2.